The van der Waals surface area contributed by atoms with Gasteiger partial charge in [-0.05, 0) is 181 Å². The average molecular weight is 1990 g/mol. The van der Waals surface area contributed by atoms with Crippen LogP contribution >= 0.6 is 35.0 Å². The Kier molecular flexibility index (Phi) is 53.3. The topological polar surface area (TPSA) is 407 Å². The number of alkyl carbamates (subject to hydrolysis) is 2. The number of alkyl halides is 8. The first-order valence-corrected chi connectivity index (χ1v) is 44.6. The summed E-state index contributed by atoms with van der Waals surface area (Å²) in [5.41, 5.74) is 7.91. The second kappa shape index (κ2) is 60.2. The number of methoxy groups -OCH3 is 2. The second-order valence-electron chi connectivity index (χ2n) is 33.9. The number of carbonyl (C=O) groups is 6. The van der Waals surface area contributed by atoms with Crippen LogP contribution in [0.25, 0.3) is 0 Å². The van der Waals surface area contributed by atoms with E-state index in [0.717, 1.165) is 110 Å². The molecule has 0 bridgehead atoms. The number of hydrogen-bond donors (Lipinski definition) is 7. The molecule has 130 heavy (non-hydrogen) atoms. The van der Waals surface area contributed by atoms with Crippen molar-refractivity contribution in [2.75, 3.05) is 207 Å². The van der Waals surface area contributed by atoms with Crippen LogP contribution in [0.5, 0.6) is 0 Å². The van der Waals surface area contributed by atoms with Crippen LogP contribution in [0.3, 0.4) is 0 Å². The number of hydrogen-bond acceptors (Lipinski definition) is 26. The van der Waals surface area contributed by atoms with Crippen molar-refractivity contribution in [1.82, 2.24) is 63.6 Å². The molecule has 0 spiro atoms. The Morgan fingerprint density at radius 1 is 0.462 bits per heavy atom. The molecule has 5 aromatic rings. The average Bonchev–Trinajstić information content (AvgIpc) is 1.76. The van der Waals surface area contributed by atoms with E-state index in [1.807, 2.05) is 88.6 Å². The molecule has 734 valence electrons. The van der Waals surface area contributed by atoms with E-state index in [9.17, 15) is 83.5 Å². The number of nitrogens with two attached hydrogens (primary N) is 2. The number of halogens is 9. The second-order valence-corrected chi connectivity index (χ2v) is 35.0. The van der Waals surface area contributed by atoms with Gasteiger partial charge in [-0.1, -0.05) is 22.6 Å². The van der Waals surface area contributed by atoms with Crippen molar-refractivity contribution in [3.05, 3.63) is 160 Å². The lowest BCUT2D eigenvalue weighted by Gasteiger charge is -2.21. The molecule has 7 aliphatic heterocycles. The third kappa shape index (κ3) is 42.7. The van der Waals surface area contributed by atoms with Gasteiger partial charge in [0.2, 0.25) is 0 Å². The van der Waals surface area contributed by atoms with Crippen molar-refractivity contribution < 1.29 is 92.7 Å². The number of aromatic carboxylic acids is 1. The summed E-state index contributed by atoms with van der Waals surface area (Å²) in [4.78, 5) is 139. The highest BCUT2D eigenvalue weighted by Crippen LogP contribution is 2.25. The van der Waals surface area contributed by atoms with Crippen LogP contribution < -0.4 is 60.6 Å². The SMILES string of the molecule is CC(C)(C)OC(=O)N[C@H]1CCN(CCF)C1.CC(C)(C)OC(=O)N[C@H]1CCNC1.CC(C)(C)OC(=O)Nc1cccn([C@H]2CCN(CCF)C2)c1=O.COC(=O)c1cccn([C@H]2CCN(CCF)C2)c1=O.COC(=O)c1cccoc1=O.Cl.FCCI.N[C@H]1CCN(CCF)C1.Nc1cccn([C@H]2CCN(CCF)C2)c1=O.O=C(O)c1cccn([C@H]2CCN(CCF)C2)c1=O. The van der Waals surface area contributed by atoms with Gasteiger partial charge in [-0.25, -0.2) is 59.9 Å². The zero-order valence-electron chi connectivity index (χ0n) is 76.4. The molecule has 7 aliphatic rings. The van der Waals surface area contributed by atoms with Crippen molar-refractivity contribution in [2.45, 2.75) is 166 Å². The van der Waals surface area contributed by atoms with E-state index in [2.05, 4.69) is 40.1 Å². The number of nitrogens with one attached hydrogen (secondary N) is 4. The predicted octanol–water partition coefficient (Wildman–Crippen LogP) is 9.33. The Hall–Kier alpha value is -9.02. The fraction of sp³-hybridized carbons (Fsp3) is 0.644. The summed E-state index contributed by atoms with van der Waals surface area (Å²) < 4.78 is 119. The zero-order chi connectivity index (χ0) is 96.0. The van der Waals surface area contributed by atoms with Gasteiger partial charge in [0.15, 0.2) is 0 Å². The lowest BCUT2D eigenvalue weighted by Crippen LogP contribution is -2.40. The molecule has 7 atom stereocenters. The Labute approximate surface area is 774 Å². The molecule has 34 nitrogen and oxygen atoms in total. The van der Waals surface area contributed by atoms with Gasteiger partial charge in [0, 0.05) is 165 Å². The summed E-state index contributed by atoms with van der Waals surface area (Å²) in [5.74, 6) is -2.52. The minimum Gasteiger partial charge on any atom is -0.477 e. The summed E-state index contributed by atoms with van der Waals surface area (Å²) in [5, 5.41) is 20.2. The third-order valence-corrected chi connectivity index (χ3v) is 20.9. The molecule has 0 radical (unpaired) electrons. The van der Waals surface area contributed by atoms with Crippen LogP contribution in [0, 0.1) is 0 Å². The fourth-order valence-electron chi connectivity index (χ4n) is 14.4. The van der Waals surface area contributed by atoms with E-state index in [-0.39, 0.29) is 152 Å². The molecule has 0 saturated carbocycles. The highest BCUT2D eigenvalue weighted by atomic mass is 127. The molecule has 7 fully saturated rings. The van der Waals surface area contributed by atoms with Crippen molar-refractivity contribution >= 4 is 82.6 Å². The van der Waals surface area contributed by atoms with Gasteiger partial charge in [-0.15, -0.1) is 12.4 Å². The number of esters is 2. The van der Waals surface area contributed by atoms with Crippen molar-refractivity contribution in [2.24, 2.45) is 5.73 Å². The Balaban J connectivity index is 0.000000385. The summed E-state index contributed by atoms with van der Waals surface area (Å²) in [7, 11) is 2.45. The number of aromatic nitrogens is 4. The number of pyridine rings is 4. The molecule has 43 heteroatoms. The molecule has 5 aromatic heterocycles. The zero-order valence-corrected chi connectivity index (χ0v) is 79.4. The van der Waals surface area contributed by atoms with Gasteiger partial charge >= 0.3 is 41.8 Å². The maximum Gasteiger partial charge on any atom is 0.412 e. The number of carboxylic acid groups (broad SMARTS) is 1. The normalized spacial score (nSPS) is 19.7. The lowest BCUT2D eigenvalue weighted by molar-refractivity contribution is 0.0495. The number of rotatable bonds is 23. The van der Waals surface area contributed by atoms with Gasteiger partial charge in [0.1, 0.15) is 79.2 Å². The maximum atomic E-state index is 12.5. The summed E-state index contributed by atoms with van der Waals surface area (Å²) in [6.45, 7) is 27.6. The Morgan fingerprint density at radius 2 is 0.815 bits per heavy atom. The number of nitrogens with zero attached hydrogens (tertiary/aromatic N) is 10. The summed E-state index contributed by atoms with van der Waals surface area (Å²) in [6, 6.07) is 16.1. The Morgan fingerprint density at radius 3 is 1.20 bits per heavy atom. The number of nitrogen functional groups attached to an aromatic ring is 1. The van der Waals surface area contributed by atoms with E-state index < -0.39 is 58.7 Å². The summed E-state index contributed by atoms with van der Waals surface area (Å²) >= 11 is 1.98. The largest absolute Gasteiger partial charge is 0.477 e. The molecule has 3 amide bonds. The van der Waals surface area contributed by atoms with Crippen LogP contribution in [-0.4, -0.2) is 320 Å². The van der Waals surface area contributed by atoms with Gasteiger partial charge in [-0.3, -0.25) is 58.3 Å². The van der Waals surface area contributed by atoms with E-state index >= 15 is 0 Å². The fourth-order valence-corrected chi connectivity index (χ4v) is 14.4. The number of ether oxygens (including phenoxy) is 5. The van der Waals surface area contributed by atoms with Gasteiger partial charge < -0.3 is 78.9 Å². The van der Waals surface area contributed by atoms with E-state index in [1.165, 1.54) is 49.3 Å². The van der Waals surface area contributed by atoms with Gasteiger partial charge in [-0.2, -0.15) is 0 Å². The third-order valence-electron chi connectivity index (χ3n) is 20.5. The highest BCUT2D eigenvalue weighted by molar-refractivity contribution is 14.1. The number of likely N-dealkylation sites (tertiary alicyclic amines) is 6. The van der Waals surface area contributed by atoms with Crippen LogP contribution in [0.15, 0.2) is 120 Å². The molecular formula is C87H135ClF7IN16O18. The molecule has 12 rings (SSSR count). The van der Waals surface area contributed by atoms with E-state index in [0.29, 0.717) is 69.9 Å². The first kappa shape index (κ1) is 115. The highest BCUT2D eigenvalue weighted by Gasteiger charge is 2.32. The van der Waals surface area contributed by atoms with E-state index in [4.69, 9.17) is 30.8 Å². The quantitative estimate of drug-likeness (QED) is 0.0105. The standard InChI is InChI=1S/C16H24FN3O3.C13H17FN2O3.C12H15FN2O3.C11H16FN3O.C11H21FN2O2.C9H18N2O2.C7H6O4.C6H13FN2.C2H4FI.ClH/c1-16(2,3)23-15(22)18-13-5-4-8-20(14(13)21)12-6-9-19(11-12)10-7-17;1-19-13(18)11-3-2-6-16(12(11)17)10-4-7-15(9-10)8-5-14;13-4-7-14-6-3-9(8-14)15-5-1-2-10(11(15)16)12(17)18;12-4-7-14-6-3-9(8-14)15-5-1-2-10(13)11(15)16;1-11(2,3)16-10(15)13-9-4-6-14(8-9)7-5-12;1-9(2,3)13-8(12)11-7-4-5-10-6-7;1-10-6(8)5-3-2-4-11-7(5)9;7-2-4-9-3-1-6(8)5-9;3-1-2-4;/h4-5,8,12H,6-7,9-11H2,1-3H3,(H,18,22);2-3,6,10H,4-5,7-9H2,1H3;1-2,5,9H,3-4,6-8H2,(H,17,18);1-2,5,9H,3-4,6-8,13H2;9H,4-8H2,1-3H3,(H,13,15);7,10H,4-6H2,1-3H3,(H,11,12);2-4H,1H3;6H,1-5,8H2;1-2H2;1H/t12-;10-;3*9-;7-;;6-;;/m000000.0../s1. The first-order chi connectivity index (χ1) is 61.2. The molecule has 0 aliphatic carbocycles. The summed E-state index contributed by atoms with van der Waals surface area (Å²) in [6.07, 6.45) is 12.6. The minimum atomic E-state index is -1.21. The van der Waals surface area contributed by atoms with Crippen molar-refractivity contribution in [3.63, 3.8) is 0 Å². The number of carbonyl (C=O) groups excluding carboxylic acids is 5. The van der Waals surface area contributed by atoms with Crippen LogP contribution in [-0.2, 0) is 23.7 Å². The van der Waals surface area contributed by atoms with Gasteiger partial charge in [0.05, 0.1) is 57.0 Å². The van der Waals surface area contributed by atoms with Crippen LogP contribution in [0.4, 0.5) is 56.5 Å². The number of carboxylic acids is 1. The number of anilines is 2. The van der Waals surface area contributed by atoms with Crippen LogP contribution in [0.1, 0.15) is 163 Å². The van der Waals surface area contributed by atoms with Crippen molar-refractivity contribution in [1.29, 1.82) is 0 Å². The monoisotopic (exact) mass is 1990 g/mol. The lowest BCUT2D eigenvalue weighted by atomic mass is 10.2. The van der Waals surface area contributed by atoms with Gasteiger partial charge in [0.25, 0.3) is 22.2 Å². The molecule has 7 saturated heterocycles. The number of amides is 3. The Bertz CT molecular complexity index is 4510. The minimum absolute atomic E-state index is 0. The van der Waals surface area contributed by atoms with E-state index in [1.54, 1.807) is 95.7 Å². The first-order valence-electron chi connectivity index (χ1n) is 43.0. The molecule has 0 aromatic carbocycles. The molecule has 9 N–H and O–H groups in total. The molecular weight excluding hydrogens is 1850 g/mol. The van der Waals surface area contributed by atoms with Crippen LogP contribution in [0.2, 0.25) is 0 Å². The predicted molar refractivity (Wildman–Crippen MR) is 494 cm³/mol. The smallest absolute Gasteiger partial charge is 0.412 e. The van der Waals surface area contributed by atoms with Crippen molar-refractivity contribution in [3.8, 4) is 0 Å². The molecule has 12 heterocycles. The molecule has 0 unspecified atom stereocenters. The maximum absolute atomic E-state index is 12.5.